The van der Waals surface area contributed by atoms with Gasteiger partial charge in [-0.15, -0.1) is 0 Å². The van der Waals surface area contributed by atoms with Crippen molar-refractivity contribution < 1.29 is 26.5 Å². The number of hydrogen-bond acceptors (Lipinski definition) is 10. The summed E-state index contributed by atoms with van der Waals surface area (Å²) in [7, 11) is -10.6. The number of rotatable bonds is 22. The Morgan fingerprint density at radius 2 is 0.565 bits per heavy atom. The van der Waals surface area contributed by atoms with E-state index in [0.29, 0.717) is 32.1 Å². The summed E-state index contributed by atoms with van der Waals surface area (Å²) in [5.41, 5.74) is 22.3. The fourth-order valence-electron chi connectivity index (χ4n) is 4.09. The van der Waals surface area contributed by atoms with Crippen LogP contribution in [0.1, 0.15) is 25.7 Å². The van der Waals surface area contributed by atoms with Crippen LogP contribution in [0.4, 0.5) is 0 Å². The lowest BCUT2D eigenvalue weighted by Crippen LogP contribution is -2.48. The SMILES string of the molecule is C[SiH2]C.C[SiH2]C.C[Si](C)(CCCN)OO[Si](C)(C)O[Si](C)(C)CCCN.C[Si](C)(CCCN)OO[Si](C)(C)O[Si](C)(C)CCCN. The maximum atomic E-state index is 6.30. The van der Waals surface area contributed by atoms with Crippen molar-refractivity contribution in [1.29, 1.82) is 0 Å². The second-order valence-corrected chi connectivity index (χ2v) is 42.2. The third-order valence-electron chi connectivity index (χ3n) is 5.91. The van der Waals surface area contributed by atoms with Gasteiger partial charge in [0.05, 0.1) is 0 Å². The number of hydrogen-bond donors (Lipinski definition) is 4. The van der Waals surface area contributed by atoms with Crippen molar-refractivity contribution in [3.63, 3.8) is 0 Å². The quantitative estimate of drug-likeness (QED) is 0.0580. The molecule has 0 fully saturated rings. The van der Waals surface area contributed by atoms with Crippen molar-refractivity contribution in [2.75, 3.05) is 26.2 Å². The summed E-state index contributed by atoms with van der Waals surface area (Å²) in [6.45, 7) is 37.6. The van der Waals surface area contributed by atoms with Gasteiger partial charge >= 0.3 is 17.1 Å². The zero-order valence-corrected chi connectivity index (χ0v) is 42.5. The van der Waals surface area contributed by atoms with Gasteiger partial charge in [0.15, 0.2) is 16.6 Å². The van der Waals surface area contributed by atoms with Crippen LogP contribution >= 0.6 is 0 Å². The second kappa shape index (κ2) is 29.0. The Morgan fingerprint density at radius 1 is 0.370 bits per heavy atom. The second-order valence-electron chi connectivity index (χ2n) is 15.4. The Hall–Kier alpha value is 1.34. The summed E-state index contributed by atoms with van der Waals surface area (Å²) in [4.78, 5) is 0. The van der Waals surface area contributed by atoms with Gasteiger partial charge in [-0.05, 0) is 155 Å². The third kappa shape index (κ3) is 39.8. The predicted octanol–water partition coefficient (Wildman–Crippen LogP) is 6.02. The molecular formula is C28H84N4O6Si8. The monoisotopic (exact) mass is 796 g/mol. The highest BCUT2D eigenvalue weighted by molar-refractivity contribution is 6.83. The highest BCUT2D eigenvalue weighted by atomic mass is 28.4. The van der Waals surface area contributed by atoms with Crippen LogP contribution in [0, 0.1) is 0 Å². The van der Waals surface area contributed by atoms with E-state index in [9.17, 15) is 0 Å². The fraction of sp³-hybridized carbons (Fsp3) is 1.00. The van der Waals surface area contributed by atoms with Gasteiger partial charge in [-0.3, -0.25) is 18.3 Å². The summed E-state index contributed by atoms with van der Waals surface area (Å²) in [6.07, 6.45) is 4.01. The molecule has 0 heterocycles. The lowest BCUT2D eigenvalue weighted by Gasteiger charge is -2.34. The molecular weight excluding hydrogens is 713 g/mol. The van der Waals surface area contributed by atoms with Gasteiger partial charge in [-0.25, -0.2) is 0 Å². The lowest BCUT2D eigenvalue weighted by atomic mass is 10.5. The van der Waals surface area contributed by atoms with Crippen LogP contribution in [0.2, 0.25) is 129 Å². The average Bonchev–Trinajstić information content (AvgIpc) is 2.91. The first-order valence-corrected chi connectivity index (χ1v) is 41.6. The minimum atomic E-state index is -2.24. The summed E-state index contributed by atoms with van der Waals surface area (Å²) in [5, 5.41) is 0. The van der Waals surface area contributed by atoms with E-state index in [1.807, 2.05) is 0 Å². The predicted molar refractivity (Wildman–Crippen MR) is 226 cm³/mol. The Bertz CT molecular complexity index is 642. The van der Waals surface area contributed by atoms with E-state index in [-0.39, 0.29) is 0 Å². The minimum absolute atomic E-state index is 0.417. The molecule has 0 aromatic rings. The van der Waals surface area contributed by atoms with Crippen molar-refractivity contribution in [2.45, 2.75) is 155 Å². The van der Waals surface area contributed by atoms with Crippen LogP contribution in [-0.4, -0.2) is 95.6 Å². The molecule has 284 valence electrons. The van der Waals surface area contributed by atoms with E-state index < -0.39 is 50.4 Å². The van der Waals surface area contributed by atoms with E-state index in [2.05, 4.69) is 105 Å². The zero-order chi connectivity index (χ0) is 37.1. The van der Waals surface area contributed by atoms with Crippen LogP contribution in [0.5, 0.6) is 0 Å². The summed E-state index contributed by atoms with van der Waals surface area (Å²) < 4.78 is 35.6. The van der Waals surface area contributed by atoms with Crippen LogP contribution in [0.15, 0.2) is 0 Å². The van der Waals surface area contributed by atoms with Gasteiger partial charge in [-0.2, -0.15) is 0 Å². The molecule has 0 aromatic carbocycles. The molecule has 0 saturated heterocycles. The van der Waals surface area contributed by atoms with Gasteiger partial charge in [0, 0.05) is 19.0 Å². The van der Waals surface area contributed by atoms with Gasteiger partial charge < -0.3 is 31.2 Å². The van der Waals surface area contributed by atoms with Crippen molar-refractivity contribution in [1.82, 2.24) is 0 Å². The average molecular weight is 798 g/mol. The first-order chi connectivity index (χ1) is 20.9. The van der Waals surface area contributed by atoms with Crippen molar-refractivity contribution in [3.05, 3.63) is 0 Å². The van der Waals surface area contributed by atoms with Gasteiger partial charge in [0.1, 0.15) is 0 Å². The molecule has 0 aromatic heterocycles. The summed E-state index contributed by atoms with van der Waals surface area (Å²) in [5.74, 6) is 0. The van der Waals surface area contributed by atoms with Gasteiger partial charge in [-0.1, -0.05) is 26.2 Å². The lowest BCUT2D eigenvalue weighted by molar-refractivity contribution is -0.139. The molecule has 0 amide bonds. The zero-order valence-electron chi connectivity index (χ0n) is 33.7. The highest BCUT2D eigenvalue weighted by Crippen LogP contribution is 2.24. The smallest absolute Gasteiger partial charge is 0.357 e. The molecule has 0 saturated carbocycles. The molecule has 18 heteroatoms. The minimum Gasteiger partial charge on any atom is -0.435 e. The van der Waals surface area contributed by atoms with Crippen molar-refractivity contribution >= 4 is 69.4 Å². The number of nitrogens with two attached hydrogens (primary N) is 4. The Kier molecular flexibility index (Phi) is 34.1. The molecule has 0 atom stereocenters. The Morgan fingerprint density at radius 3 is 0.761 bits per heavy atom. The first kappa shape index (κ1) is 54.1. The molecule has 8 N–H and O–H groups in total. The normalized spacial score (nSPS) is 12.8. The van der Waals surface area contributed by atoms with Gasteiger partial charge in [0.25, 0.3) is 0 Å². The molecule has 0 unspecified atom stereocenters. The fourth-order valence-corrected chi connectivity index (χ4v) is 23.6. The Labute approximate surface area is 298 Å². The van der Waals surface area contributed by atoms with Crippen LogP contribution in [0.3, 0.4) is 0 Å². The van der Waals surface area contributed by atoms with E-state index in [1.165, 1.54) is 0 Å². The van der Waals surface area contributed by atoms with Crippen LogP contribution < -0.4 is 22.9 Å². The van der Waals surface area contributed by atoms with E-state index in [0.717, 1.165) is 62.9 Å². The highest BCUT2D eigenvalue weighted by Gasteiger charge is 2.39. The third-order valence-corrected chi connectivity index (χ3v) is 22.9. The summed E-state index contributed by atoms with van der Waals surface area (Å²) in [6, 6.07) is 4.17. The molecule has 0 spiro atoms. The first-order valence-electron chi connectivity index (χ1n) is 17.8. The van der Waals surface area contributed by atoms with Crippen molar-refractivity contribution in [2.24, 2.45) is 22.9 Å². The molecule has 0 aliphatic heterocycles. The van der Waals surface area contributed by atoms with Crippen molar-refractivity contribution in [3.8, 4) is 0 Å². The largest absolute Gasteiger partial charge is 0.435 e. The van der Waals surface area contributed by atoms with E-state index in [1.54, 1.807) is 0 Å². The molecule has 0 aliphatic carbocycles. The maximum absolute atomic E-state index is 6.30. The van der Waals surface area contributed by atoms with Crippen LogP contribution in [0.25, 0.3) is 0 Å². The standard InChI is InChI=1S/2C12H34N2O3Si3.2C2H8Si/c2*1-18(2,11-7-9-13)15-16-20(5,6)17-19(3,4)12-8-10-14;2*1-3-2/h2*7-14H2,1-6H3;2*3H2,1-2H3. The molecule has 0 aliphatic rings. The molecule has 0 rings (SSSR count). The van der Waals surface area contributed by atoms with E-state index >= 15 is 0 Å². The Balaban J connectivity index is -0.000000326. The van der Waals surface area contributed by atoms with E-state index in [4.69, 9.17) is 49.5 Å². The topological polar surface area (TPSA) is 159 Å². The molecule has 46 heavy (non-hydrogen) atoms. The summed E-state index contributed by atoms with van der Waals surface area (Å²) >= 11 is 0. The maximum Gasteiger partial charge on any atom is 0.357 e. The molecule has 0 radical (unpaired) electrons. The molecule has 0 bridgehead atoms. The van der Waals surface area contributed by atoms with Gasteiger partial charge in [0.2, 0.25) is 16.6 Å². The van der Waals surface area contributed by atoms with Crippen LogP contribution in [-0.2, 0) is 26.5 Å². The molecule has 10 nitrogen and oxygen atoms in total.